The maximum absolute atomic E-state index is 9.57. The Bertz CT molecular complexity index is 2560. The van der Waals surface area contributed by atoms with E-state index in [-0.39, 0.29) is 0 Å². The van der Waals surface area contributed by atoms with E-state index in [2.05, 4.69) is 108 Å². The van der Waals surface area contributed by atoms with Crippen LogP contribution in [-0.4, -0.2) is 4.57 Å². The van der Waals surface area contributed by atoms with Gasteiger partial charge in [0.25, 0.3) is 0 Å². The lowest BCUT2D eigenvalue weighted by atomic mass is 9.98. The molecule has 190 valence electrons. The molecular formula is C37H20N2OS. The quantitative estimate of drug-likeness (QED) is 0.219. The number of nitrogens with zero attached hydrogens (tertiary/aromatic N) is 2. The minimum Gasteiger partial charge on any atom is -0.456 e. The average molecular weight is 541 g/mol. The Morgan fingerprint density at radius 1 is 0.610 bits per heavy atom. The van der Waals surface area contributed by atoms with Crippen molar-refractivity contribution in [2.75, 3.05) is 0 Å². The van der Waals surface area contributed by atoms with Gasteiger partial charge in [-0.1, -0.05) is 66.7 Å². The summed E-state index contributed by atoms with van der Waals surface area (Å²) < 4.78 is 11.0. The third kappa shape index (κ3) is 3.12. The molecule has 0 bridgehead atoms. The number of thiophene rings is 1. The SMILES string of the molecule is N#Cc1ccc2c(c1)c1ccccc1n2-c1cccc2c1sc1cccc(-c3ccc4oc5ccccc5c4c3)c12. The molecule has 0 amide bonds. The molecule has 0 saturated heterocycles. The van der Waals surface area contributed by atoms with E-state index in [1.165, 1.54) is 31.3 Å². The fourth-order valence-electron chi connectivity index (χ4n) is 6.45. The van der Waals surface area contributed by atoms with Crippen molar-refractivity contribution >= 4 is 75.3 Å². The maximum Gasteiger partial charge on any atom is 0.135 e. The Morgan fingerprint density at radius 2 is 1.39 bits per heavy atom. The normalized spacial score (nSPS) is 11.9. The minimum atomic E-state index is 0.674. The van der Waals surface area contributed by atoms with Crippen molar-refractivity contribution in [2.45, 2.75) is 0 Å². The second kappa shape index (κ2) is 8.32. The van der Waals surface area contributed by atoms with Crippen molar-refractivity contribution in [3.63, 3.8) is 0 Å². The number of hydrogen-bond acceptors (Lipinski definition) is 3. The highest BCUT2D eigenvalue weighted by molar-refractivity contribution is 7.26. The van der Waals surface area contributed by atoms with E-state index in [4.69, 9.17) is 4.42 Å². The van der Waals surface area contributed by atoms with E-state index in [0.29, 0.717) is 5.56 Å². The molecule has 0 fully saturated rings. The average Bonchev–Trinajstić information content (AvgIpc) is 3.70. The van der Waals surface area contributed by atoms with E-state index in [1.54, 1.807) is 0 Å². The summed E-state index contributed by atoms with van der Waals surface area (Å²) in [4.78, 5) is 0. The van der Waals surface area contributed by atoms with Crippen molar-refractivity contribution in [3.05, 3.63) is 127 Å². The number of furan rings is 1. The predicted octanol–water partition coefficient (Wildman–Crippen LogP) is 10.6. The number of benzene rings is 6. The molecule has 3 aromatic heterocycles. The number of fused-ring (bicyclic) bond motifs is 9. The molecule has 0 aliphatic carbocycles. The number of para-hydroxylation sites is 2. The molecule has 0 unspecified atom stereocenters. The van der Waals surface area contributed by atoms with Gasteiger partial charge in [-0.2, -0.15) is 5.26 Å². The summed E-state index contributed by atoms with van der Waals surface area (Å²) in [7, 11) is 0. The van der Waals surface area contributed by atoms with E-state index >= 15 is 0 Å². The Balaban J connectivity index is 1.34. The monoisotopic (exact) mass is 540 g/mol. The summed E-state index contributed by atoms with van der Waals surface area (Å²) in [5.41, 5.74) is 8.30. The van der Waals surface area contributed by atoms with Crippen LogP contribution in [0.4, 0.5) is 0 Å². The smallest absolute Gasteiger partial charge is 0.135 e. The van der Waals surface area contributed by atoms with E-state index < -0.39 is 0 Å². The molecule has 0 spiro atoms. The predicted molar refractivity (Wildman–Crippen MR) is 171 cm³/mol. The molecule has 0 N–H and O–H groups in total. The fourth-order valence-corrected chi connectivity index (χ4v) is 7.68. The van der Waals surface area contributed by atoms with Crippen molar-refractivity contribution in [3.8, 4) is 22.9 Å². The zero-order valence-corrected chi connectivity index (χ0v) is 22.6. The Morgan fingerprint density at radius 3 is 2.32 bits per heavy atom. The van der Waals surface area contributed by atoms with Gasteiger partial charge >= 0.3 is 0 Å². The molecule has 9 aromatic rings. The second-order valence-electron chi connectivity index (χ2n) is 10.4. The van der Waals surface area contributed by atoms with Crippen molar-refractivity contribution in [2.24, 2.45) is 0 Å². The Hall–Kier alpha value is -5.37. The van der Waals surface area contributed by atoms with Gasteiger partial charge in [0.1, 0.15) is 11.2 Å². The van der Waals surface area contributed by atoms with Gasteiger partial charge in [0.05, 0.1) is 33.1 Å². The van der Waals surface area contributed by atoms with E-state index in [1.807, 2.05) is 35.6 Å². The molecule has 4 heteroatoms. The molecule has 0 aliphatic heterocycles. The summed E-state index contributed by atoms with van der Waals surface area (Å²) in [5, 5.41) is 16.6. The highest BCUT2D eigenvalue weighted by Crippen LogP contribution is 2.44. The molecule has 0 aliphatic rings. The minimum absolute atomic E-state index is 0.674. The summed E-state index contributed by atoms with van der Waals surface area (Å²) >= 11 is 1.84. The van der Waals surface area contributed by atoms with Crippen molar-refractivity contribution in [1.82, 2.24) is 4.57 Å². The number of aromatic nitrogens is 1. The van der Waals surface area contributed by atoms with Gasteiger partial charge in [0.2, 0.25) is 0 Å². The summed E-state index contributed by atoms with van der Waals surface area (Å²) in [6.07, 6.45) is 0. The van der Waals surface area contributed by atoms with Gasteiger partial charge in [-0.3, -0.25) is 0 Å². The second-order valence-corrected chi connectivity index (χ2v) is 11.5. The zero-order chi connectivity index (χ0) is 27.1. The Labute approximate surface area is 238 Å². The van der Waals surface area contributed by atoms with Crippen LogP contribution in [0.15, 0.2) is 126 Å². The fraction of sp³-hybridized carbons (Fsp3) is 0. The van der Waals surface area contributed by atoms with E-state index in [9.17, 15) is 5.26 Å². The summed E-state index contributed by atoms with van der Waals surface area (Å²) in [5.74, 6) is 0. The summed E-state index contributed by atoms with van der Waals surface area (Å²) in [6, 6.07) is 44.8. The first-order valence-corrected chi connectivity index (χ1v) is 14.4. The van der Waals surface area contributed by atoms with Crippen LogP contribution in [0.25, 0.3) is 80.7 Å². The molecule has 9 rings (SSSR count). The highest BCUT2D eigenvalue weighted by atomic mass is 32.1. The van der Waals surface area contributed by atoms with Gasteiger partial charge in [-0.25, -0.2) is 0 Å². The van der Waals surface area contributed by atoms with Gasteiger partial charge in [-0.15, -0.1) is 11.3 Å². The third-order valence-electron chi connectivity index (χ3n) is 8.23. The lowest BCUT2D eigenvalue weighted by molar-refractivity contribution is 0.669. The van der Waals surface area contributed by atoms with Crippen LogP contribution in [0, 0.1) is 11.3 Å². The highest BCUT2D eigenvalue weighted by Gasteiger charge is 2.18. The molecule has 3 heterocycles. The van der Waals surface area contributed by atoms with Crippen LogP contribution in [0.2, 0.25) is 0 Å². The van der Waals surface area contributed by atoms with Crippen LogP contribution in [0.1, 0.15) is 5.56 Å². The molecule has 3 nitrogen and oxygen atoms in total. The first-order chi connectivity index (χ1) is 20.3. The van der Waals surface area contributed by atoms with Crippen LogP contribution < -0.4 is 0 Å². The molecule has 0 atom stereocenters. The molecular weight excluding hydrogens is 520 g/mol. The standard InChI is InChI=1S/C37H20N2OS/c38-21-22-15-17-31-28(19-22)25-7-1-3-11-30(25)39(31)32-12-5-10-27-36-24(9-6-14-35(36)41-37(27)32)23-16-18-34-29(20-23)26-8-2-4-13-33(26)40-34/h1-20H. The third-order valence-corrected chi connectivity index (χ3v) is 9.43. The number of hydrogen-bond donors (Lipinski definition) is 0. The lowest BCUT2D eigenvalue weighted by Gasteiger charge is -2.10. The van der Waals surface area contributed by atoms with Gasteiger partial charge in [0.15, 0.2) is 0 Å². The summed E-state index contributed by atoms with van der Waals surface area (Å²) in [6.45, 7) is 0. The lowest BCUT2D eigenvalue weighted by Crippen LogP contribution is -1.93. The van der Waals surface area contributed by atoms with Crippen molar-refractivity contribution < 1.29 is 4.42 Å². The van der Waals surface area contributed by atoms with Crippen molar-refractivity contribution in [1.29, 1.82) is 5.26 Å². The van der Waals surface area contributed by atoms with Crippen LogP contribution in [-0.2, 0) is 0 Å². The van der Waals surface area contributed by atoms with E-state index in [0.717, 1.165) is 49.4 Å². The molecule has 0 radical (unpaired) electrons. The Kier molecular flexibility index (Phi) is 4.55. The molecule has 41 heavy (non-hydrogen) atoms. The first kappa shape index (κ1) is 22.4. The number of nitriles is 1. The van der Waals surface area contributed by atoms with Crippen LogP contribution in [0.5, 0.6) is 0 Å². The number of rotatable bonds is 2. The first-order valence-electron chi connectivity index (χ1n) is 13.6. The topological polar surface area (TPSA) is 41.9 Å². The zero-order valence-electron chi connectivity index (χ0n) is 21.8. The van der Waals surface area contributed by atoms with Gasteiger partial charge in [-0.05, 0) is 65.7 Å². The van der Waals surface area contributed by atoms with Gasteiger partial charge in [0, 0.05) is 37.0 Å². The van der Waals surface area contributed by atoms with Gasteiger partial charge < -0.3 is 8.98 Å². The largest absolute Gasteiger partial charge is 0.456 e. The van der Waals surface area contributed by atoms with Crippen LogP contribution >= 0.6 is 11.3 Å². The van der Waals surface area contributed by atoms with Crippen LogP contribution in [0.3, 0.4) is 0 Å². The molecule has 6 aromatic carbocycles. The maximum atomic E-state index is 9.57. The molecule has 0 saturated carbocycles.